The summed E-state index contributed by atoms with van der Waals surface area (Å²) in [5, 5.41) is 8.96. The second-order valence-corrected chi connectivity index (χ2v) is 7.67. The number of hydrogen-bond acceptors (Lipinski definition) is 5. The van der Waals surface area contributed by atoms with Crippen LogP contribution in [0.2, 0.25) is 0 Å². The number of nitrogens with one attached hydrogen (secondary N) is 1. The predicted octanol–water partition coefficient (Wildman–Crippen LogP) is 2.76. The van der Waals surface area contributed by atoms with E-state index in [-0.39, 0.29) is 10.8 Å². The van der Waals surface area contributed by atoms with Gasteiger partial charge in [-0.25, -0.2) is 8.42 Å². The SMILES string of the molecule is CSc1ccc(NS(=O)(=O)c2ccc(CO)s2)cc1. The first-order chi connectivity index (χ1) is 9.05. The van der Waals surface area contributed by atoms with E-state index in [9.17, 15) is 8.42 Å². The minimum Gasteiger partial charge on any atom is -0.391 e. The van der Waals surface area contributed by atoms with Gasteiger partial charge in [-0.15, -0.1) is 23.1 Å². The van der Waals surface area contributed by atoms with Crippen molar-refractivity contribution >= 4 is 38.8 Å². The number of benzene rings is 1. The Morgan fingerprint density at radius 3 is 2.42 bits per heavy atom. The van der Waals surface area contributed by atoms with Crippen LogP contribution in [0.1, 0.15) is 4.88 Å². The van der Waals surface area contributed by atoms with E-state index in [0.717, 1.165) is 16.2 Å². The molecule has 0 amide bonds. The summed E-state index contributed by atoms with van der Waals surface area (Å²) in [5.74, 6) is 0. The normalized spacial score (nSPS) is 11.5. The molecule has 0 radical (unpaired) electrons. The minimum absolute atomic E-state index is 0.150. The summed E-state index contributed by atoms with van der Waals surface area (Å²) in [4.78, 5) is 1.69. The molecule has 1 aromatic heterocycles. The van der Waals surface area contributed by atoms with Gasteiger partial charge in [0.2, 0.25) is 0 Å². The number of aliphatic hydroxyl groups is 1. The maximum atomic E-state index is 12.1. The molecule has 0 fully saturated rings. The monoisotopic (exact) mass is 315 g/mol. The first-order valence-electron chi connectivity index (χ1n) is 5.41. The van der Waals surface area contributed by atoms with Crippen molar-refractivity contribution in [3.05, 3.63) is 41.3 Å². The lowest BCUT2D eigenvalue weighted by Gasteiger charge is -2.06. The second-order valence-electron chi connectivity index (χ2n) is 3.71. The molecule has 0 spiro atoms. The van der Waals surface area contributed by atoms with E-state index < -0.39 is 10.0 Å². The molecule has 2 N–H and O–H groups in total. The third-order valence-corrected chi connectivity index (χ3v) is 6.09. The average molecular weight is 315 g/mol. The van der Waals surface area contributed by atoms with Gasteiger partial charge in [0.1, 0.15) is 4.21 Å². The van der Waals surface area contributed by atoms with Gasteiger partial charge in [0.25, 0.3) is 10.0 Å². The lowest BCUT2D eigenvalue weighted by Crippen LogP contribution is -2.11. The van der Waals surface area contributed by atoms with E-state index >= 15 is 0 Å². The van der Waals surface area contributed by atoms with Crippen LogP contribution in [0.15, 0.2) is 45.5 Å². The Kier molecular flexibility index (Phi) is 4.51. The summed E-state index contributed by atoms with van der Waals surface area (Å²) in [7, 11) is -3.57. The fourth-order valence-corrected chi connectivity index (χ4v) is 4.13. The number of hydrogen-bond donors (Lipinski definition) is 2. The van der Waals surface area contributed by atoms with Crippen LogP contribution in [0.3, 0.4) is 0 Å². The molecule has 7 heteroatoms. The van der Waals surface area contributed by atoms with E-state index in [1.54, 1.807) is 30.0 Å². The Balaban J connectivity index is 2.20. The molecule has 2 rings (SSSR count). The van der Waals surface area contributed by atoms with Crippen molar-refractivity contribution in [1.29, 1.82) is 0 Å². The maximum Gasteiger partial charge on any atom is 0.271 e. The fourth-order valence-electron chi connectivity index (χ4n) is 1.45. The second kappa shape index (κ2) is 5.96. The van der Waals surface area contributed by atoms with Gasteiger partial charge in [-0.2, -0.15) is 0 Å². The molecule has 19 heavy (non-hydrogen) atoms. The van der Waals surface area contributed by atoms with Crippen LogP contribution in [0.5, 0.6) is 0 Å². The molecule has 0 aliphatic carbocycles. The highest BCUT2D eigenvalue weighted by atomic mass is 32.2. The van der Waals surface area contributed by atoms with Crippen molar-refractivity contribution in [2.75, 3.05) is 11.0 Å². The number of thiophene rings is 1. The molecule has 102 valence electrons. The standard InChI is InChI=1S/C12H13NO3S3/c1-17-10-4-2-9(3-5-10)13-19(15,16)12-7-6-11(8-14)18-12/h2-7,13-14H,8H2,1H3. The molecule has 4 nitrogen and oxygen atoms in total. The Hall–Kier alpha value is -1.02. The van der Waals surface area contributed by atoms with Crippen molar-refractivity contribution in [3.8, 4) is 0 Å². The number of anilines is 1. The van der Waals surface area contributed by atoms with Gasteiger partial charge in [-0.3, -0.25) is 4.72 Å². The predicted molar refractivity (Wildman–Crippen MR) is 79.3 cm³/mol. The van der Waals surface area contributed by atoms with Crippen molar-refractivity contribution < 1.29 is 13.5 Å². The number of aliphatic hydroxyl groups excluding tert-OH is 1. The molecule has 1 heterocycles. The van der Waals surface area contributed by atoms with Gasteiger partial charge in [-0.1, -0.05) is 0 Å². The third-order valence-electron chi connectivity index (χ3n) is 2.40. The summed E-state index contributed by atoms with van der Waals surface area (Å²) in [6, 6.07) is 10.3. The quantitative estimate of drug-likeness (QED) is 0.833. The van der Waals surface area contributed by atoms with Crippen LogP contribution in [0, 0.1) is 0 Å². The molecule has 0 atom stereocenters. The largest absolute Gasteiger partial charge is 0.391 e. The van der Waals surface area contributed by atoms with Crippen LogP contribution >= 0.6 is 23.1 Å². The molecule has 0 saturated carbocycles. The highest BCUT2D eigenvalue weighted by molar-refractivity contribution is 7.98. The zero-order chi connectivity index (χ0) is 13.9. The van der Waals surface area contributed by atoms with Gasteiger partial charge in [-0.05, 0) is 42.7 Å². The highest BCUT2D eigenvalue weighted by Crippen LogP contribution is 2.25. The summed E-state index contributed by atoms with van der Waals surface area (Å²) in [5.41, 5.74) is 0.525. The third kappa shape index (κ3) is 3.50. The van der Waals surface area contributed by atoms with Crippen LogP contribution < -0.4 is 4.72 Å². The van der Waals surface area contributed by atoms with Crippen LogP contribution in [0.4, 0.5) is 5.69 Å². The Morgan fingerprint density at radius 1 is 1.21 bits per heavy atom. The van der Waals surface area contributed by atoms with Crippen LogP contribution in [-0.2, 0) is 16.6 Å². The van der Waals surface area contributed by atoms with E-state index in [4.69, 9.17) is 5.11 Å². The topological polar surface area (TPSA) is 66.4 Å². The highest BCUT2D eigenvalue weighted by Gasteiger charge is 2.16. The summed E-state index contributed by atoms with van der Waals surface area (Å²) < 4.78 is 26.9. The van der Waals surface area contributed by atoms with Crippen molar-refractivity contribution in [3.63, 3.8) is 0 Å². The average Bonchev–Trinajstić information content (AvgIpc) is 2.89. The van der Waals surface area contributed by atoms with E-state index in [0.29, 0.717) is 10.6 Å². The van der Waals surface area contributed by atoms with Gasteiger partial charge in [0.15, 0.2) is 0 Å². The summed E-state index contributed by atoms with van der Waals surface area (Å²) in [6.45, 7) is -0.150. The Morgan fingerprint density at radius 2 is 1.89 bits per heavy atom. The molecule has 0 aliphatic rings. The van der Waals surface area contributed by atoms with Crippen LogP contribution in [0.25, 0.3) is 0 Å². The van der Waals surface area contributed by atoms with Gasteiger partial charge < -0.3 is 5.11 Å². The molecule has 0 bridgehead atoms. The molecule has 1 aromatic carbocycles. The Labute approximate surface area is 120 Å². The van der Waals surface area contributed by atoms with Crippen molar-refractivity contribution in [1.82, 2.24) is 0 Å². The minimum atomic E-state index is -3.57. The lowest BCUT2D eigenvalue weighted by atomic mass is 10.3. The van der Waals surface area contributed by atoms with Gasteiger partial charge >= 0.3 is 0 Å². The number of rotatable bonds is 5. The smallest absolute Gasteiger partial charge is 0.271 e. The van der Waals surface area contributed by atoms with Crippen molar-refractivity contribution in [2.24, 2.45) is 0 Å². The molecule has 0 saturated heterocycles. The zero-order valence-electron chi connectivity index (χ0n) is 10.2. The summed E-state index contributed by atoms with van der Waals surface area (Å²) in [6.07, 6.45) is 1.96. The van der Waals surface area contributed by atoms with Crippen molar-refractivity contribution in [2.45, 2.75) is 15.7 Å². The van der Waals surface area contributed by atoms with Gasteiger partial charge in [0, 0.05) is 15.5 Å². The molecular formula is C12H13NO3S3. The van der Waals surface area contributed by atoms with Crippen LogP contribution in [-0.4, -0.2) is 19.8 Å². The first-order valence-corrected chi connectivity index (χ1v) is 8.94. The van der Waals surface area contributed by atoms with E-state index in [2.05, 4.69) is 4.72 Å². The van der Waals surface area contributed by atoms with E-state index in [1.165, 1.54) is 6.07 Å². The molecule has 0 unspecified atom stereocenters. The molecular weight excluding hydrogens is 302 g/mol. The van der Waals surface area contributed by atoms with E-state index in [1.807, 2.05) is 18.4 Å². The molecule has 2 aromatic rings. The maximum absolute atomic E-state index is 12.1. The first kappa shape index (κ1) is 14.4. The summed E-state index contributed by atoms with van der Waals surface area (Å²) >= 11 is 2.66. The lowest BCUT2D eigenvalue weighted by molar-refractivity contribution is 0.285. The molecule has 0 aliphatic heterocycles. The zero-order valence-corrected chi connectivity index (χ0v) is 12.6. The number of sulfonamides is 1. The van der Waals surface area contributed by atoms with Gasteiger partial charge in [0.05, 0.1) is 6.61 Å². The number of thioether (sulfide) groups is 1. The fraction of sp³-hybridized carbons (Fsp3) is 0.167. The Bertz CT molecular complexity index is 647.